The van der Waals surface area contributed by atoms with Crippen molar-refractivity contribution in [3.63, 3.8) is 0 Å². The zero-order valence-corrected chi connectivity index (χ0v) is 9.60. The molecule has 7 heteroatoms. The molecule has 0 aliphatic heterocycles. The number of carbonyl (C=O) groups is 2. The van der Waals surface area contributed by atoms with Gasteiger partial charge in [0.2, 0.25) is 5.82 Å². The lowest BCUT2D eigenvalue weighted by Gasteiger charge is -2.13. The first-order chi connectivity index (χ1) is 8.10. The molecule has 1 unspecified atom stereocenters. The van der Waals surface area contributed by atoms with Crippen molar-refractivity contribution in [2.24, 2.45) is 0 Å². The van der Waals surface area contributed by atoms with E-state index in [0.29, 0.717) is 6.54 Å². The summed E-state index contributed by atoms with van der Waals surface area (Å²) in [4.78, 5) is 26.6. The first kappa shape index (κ1) is 12.7. The standard InChI is InChI=1S/C10H13N5O2/c1-3-12-10(17)14-9(16)7(2)15-5-4-13-8(15)6-11/h4-5,7H,3H2,1-2H3,(H2,12,14,16,17). The van der Waals surface area contributed by atoms with Gasteiger partial charge in [0.1, 0.15) is 12.1 Å². The summed E-state index contributed by atoms with van der Waals surface area (Å²) in [6.45, 7) is 3.76. The van der Waals surface area contributed by atoms with Crippen LogP contribution < -0.4 is 10.6 Å². The predicted octanol–water partition coefficient (Wildman–Crippen LogP) is 0.161. The van der Waals surface area contributed by atoms with Gasteiger partial charge in [-0.3, -0.25) is 10.1 Å². The molecule has 1 heterocycles. The van der Waals surface area contributed by atoms with Gasteiger partial charge in [-0.2, -0.15) is 5.26 Å². The number of aromatic nitrogens is 2. The maximum absolute atomic E-state index is 11.7. The molecule has 0 radical (unpaired) electrons. The number of hydrogen-bond donors (Lipinski definition) is 2. The summed E-state index contributed by atoms with van der Waals surface area (Å²) in [5.41, 5.74) is 0. The van der Waals surface area contributed by atoms with Crippen molar-refractivity contribution in [1.82, 2.24) is 20.2 Å². The van der Waals surface area contributed by atoms with Gasteiger partial charge in [0, 0.05) is 18.9 Å². The number of carbonyl (C=O) groups excluding carboxylic acids is 2. The number of imide groups is 1. The van der Waals surface area contributed by atoms with Crippen LogP contribution in [0, 0.1) is 11.3 Å². The first-order valence-corrected chi connectivity index (χ1v) is 5.11. The number of amides is 3. The quantitative estimate of drug-likeness (QED) is 0.779. The van der Waals surface area contributed by atoms with Gasteiger partial charge < -0.3 is 9.88 Å². The largest absolute Gasteiger partial charge is 0.338 e. The van der Waals surface area contributed by atoms with Crippen LogP contribution in [0.15, 0.2) is 12.4 Å². The molecular formula is C10H13N5O2. The lowest BCUT2D eigenvalue weighted by Crippen LogP contribution is -2.42. The summed E-state index contributed by atoms with van der Waals surface area (Å²) in [5.74, 6) is -0.367. The molecule has 1 atom stereocenters. The molecule has 0 aliphatic carbocycles. The van der Waals surface area contributed by atoms with Gasteiger partial charge in [-0.25, -0.2) is 9.78 Å². The molecule has 0 saturated carbocycles. The van der Waals surface area contributed by atoms with Gasteiger partial charge in [-0.05, 0) is 13.8 Å². The van der Waals surface area contributed by atoms with Crippen LogP contribution in [0.25, 0.3) is 0 Å². The average molecular weight is 235 g/mol. The lowest BCUT2D eigenvalue weighted by atomic mass is 10.3. The molecule has 7 nitrogen and oxygen atoms in total. The van der Waals surface area contributed by atoms with Crippen molar-refractivity contribution in [1.29, 1.82) is 5.26 Å². The van der Waals surface area contributed by atoms with Gasteiger partial charge in [0.05, 0.1) is 0 Å². The molecule has 3 amide bonds. The highest BCUT2D eigenvalue weighted by atomic mass is 16.2. The fourth-order valence-electron chi connectivity index (χ4n) is 1.26. The molecule has 0 aromatic carbocycles. The number of rotatable bonds is 3. The summed E-state index contributed by atoms with van der Waals surface area (Å²) in [5, 5.41) is 13.4. The number of hydrogen-bond acceptors (Lipinski definition) is 4. The molecule has 1 rings (SSSR count). The van der Waals surface area contributed by atoms with E-state index in [1.165, 1.54) is 17.0 Å². The van der Waals surface area contributed by atoms with E-state index in [1.54, 1.807) is 13.8 Å². The van der Waals surface area contributed by atoms with Gasteiger partial charge in [-0.1, -0.05) is 0 Å². The van der Waals surface area contributed by atoms with Crippen LogP contribution in [0.2, 0.25) is 0 Å². The zero-order chi connectivity index (χ0) is 12.8. The Balaban J connectivity index is 2.71. The Morgan fingerprint density at radius 1 is 1.65 bits per heavy atom. The van der Waals surface area contributed by atoms with Crippen LogP contribution in [-0.4, -0.2) is 28.0 Å². The molecule has 1 aromatic heterocycles. The third-order valence-corrected chi connectivity index (χ3v) is 2.14. The highest BCUT2D eigenvalue weighted by Gasteiger charge is 2.19. The summed E-state index contributed by atoms with van der Waals surface area (Å²) in [7, 11) is 0. The topological polar surface area (TPSA) is 99.8 Å². The Morgan fingerprint density at radius 3 is 2.94 bits per heavy atom. The molecule has 0 saturated heterocycles. The number of nitriles is 1. The Kier molecular flexibility index (Phi) is 4.22. The van der Waals surface area contributed by atoms with E-state index in [2.05, 4.69) is 15.6 Å². The monoisotopic (exact) mass is 235 g/mol. The Labute approximate surface area is 98.4 Å². The second-order valence-corrected chi connectivity index (χ2v) is 3.29. The molecule has 0 aliphatic rings. The highest BCUT2D eigenvalue weighted by molar-refractivity contribution is 5.96. The summed E-state index contributed by atoms with van der Waals surface area (Å²) in [6, 6.07) is 0.637. The number of imidazole rings is 1. The van der Waals surface area contributed by atoms with Crippen molar-refractivity contribution in [2.45, 2.75) is 19.9 Å². The van der Waals surface area contributed by atoms with Crippen LogP contribution in [0.5, 0.6) is 0 Å². The van der Waals surface area contributed by atoms with Crippen molar-refractivity contribution in [3.05, 3.63) is 18.2 Å². The molecule has 0 spiro atoms. The van der Waals surface area contributed by atoms with E-state index in [1.807, 2.05) is 6.07 Å². The molecule has 2 N–H and O–H groups in total. The van der Waals surface area contributed by atoms with Crippen molar-refractivity contribution >= 4 is 11.9 Å². The smallest absolute Gasteiger partial charge is 0.321 e. The second kappa shape index (κ2) is 5.65. The Hall–Kier alpha value is -2.36. The minimum Gasteiger partial charge on any atom is -0.338 e. The van der Waals surface area contributed by atoms with Crippen molar-refractivity contribution < 1.29 is 9.59 Å². The highest BCUT2D eigenvalue weighted by Crippen LogP contribution is 2.08. The van der Waals surface area contributed by atoms with Gasteiger partial charge in [-0.15, -0.1) is 0 Å². The fraction of sp³-hybridized carbons (Fsp3) is 0.400. The Bertz CT molecular complexity index is 460. The SMILES string of the molecule is CCNC(=O)NC(=O)C(C)n1ccnc1C#N. The van der Waals surface area contributed by atoms with Gasteiger partial charge in [0.15, 0.2) is 0 Å². The number of nitrogens with zero attached hydrogens (tertiary/aromatic N) is 3. The minimum absolute atomic E-state index is 0.128. The van der Waals surface area contributed by atoms with Crippen molar-refractivity contribution in [2.75, 3.05) is 6.54 Å². The van der Waals surface area contributed by atoms with E-state index in [-0.39, 0.29) is 5.82 Å². The van der Waals surface area contributed by atoms with Crippen LogP contribution in [0.4, 0.5) is 4.79 Å². The van der Waals surface area contributed by atoms with Crippen molar-refractivity contribution in [3.8, 4) is 6.07 Å². The van der Waals surface area contributed by atoms with Gasteiger partial charge in [0.25, 0.3) is 5.91 Å². The summed E-state index contributed by atoms with van der Waals surface area (Å²) >= 11 is 0. The van der Waals surface area contributed by atoms with Gasteiger partial charge >= 0.3 is 6.03 Å². The second-order valence-electron chi connectivity index (χ2n) is 3.29. The summed E-state index contributed by atoms with van der Waals surface area (Å²) < 4.78 is 1.40. The third-order valence-electron chi connectivity index (χ3n) is 2.14. The number of urea groups is 1. The predicted molar refractivity (Wildman–Crippen MR) is 58.9 cm³/mol. The van der Waals surface area contributed by atoms with Crippen LogP contribution in [0.3, 0.4) is 0 Å². The average Bonchev–Trinajstić information content (AvgIpc) is 2.76. The van der Waals surface area contributed by atoms with E-state index in [4.69, 9.17) is 5.26 Å². The fourth-order valence-corrected chi connectivity index (χ4v) is 1.26. The normalized spacial score (nSPS) is 11.4. The molecule has 90 valence electrons. The molecule has 1 aromatic rings. The maximum Gasteiger partial charge on any atom is 0.321 e. The van der Waals surface area contributed by atoms with E-state index < -0.39 is 18.0 Å². The van der Waals surface area contributed by atoms with E-state index >= 15 is 0 Å². The molecule has 17 heavy (non-hydrogen) atoms. The Morgan fingerprint density at radius 2 is 2.35 bits per heavy atom. The number of nitrogens with one attached hydrogen (secondary N) is 2. The van der Waals surface area contributed by atoms with Crippen LogP contribution in [-0.2, 0) is 4.79 Å². The summed E-state index contributed by atoms with van der Waals surface area (Å²) in [6.07, 6.45) is 2.94. The minimum atomic E-state index is -0.672. The third kappa shape index (κ3) is 3.04. The van der Waals surface area contributed by atoms with E-state index in [0.717, 1.165) is 0 Å². The first-order valence-electron chi connectivity index (χ1n) is 5.11. The lowest BCUT2D eigenvalue weighted by molar-refractivity contribution is -0.122. The van der Waals surface area contributed by atoms with E-state index in [9.17, 15) is 9.59 Å². The van der Waals surface area contributed by atoms with Crippen LogP contribution in [0.1, 0.15) is 25.7 Å². The van der Waals surface area contributed by atoms with Crippen LogP contribution >= 0.6 is 0 Å². The molecule has 0 bridgehead atoms. The maximum atomic E-state index is 11.7. The molecule has 0 fully saturated rings. The molecular weight excluding hydrogens is 222 g/mol. The zero-order valence-electron chi connectivity index (χ0n) is 9.60.